The summed E-state index contributed by atoms with van der Waals surface area (Å²) in [6, 6.07) is 0. The zero-order valence-corrected chi connectivity index (χ0v) is 9.49. The molecule has 0 bridgehead atoms. The van der Waals surface area contributed by atoms with E-state index in [2.05, 4.69) is 32.7 Å². The number of imidazole rings is 1. The average molecular weight is 196 g/mol. The lowest BCUT2D eigenvalue weighted by Gasteiger charge is -2.28. The number of hydrogen-bond donors (Lipinski definition) is 1. The Labute approximate surface area is 85.8 Å². The molecule has 14 heavy (non-hydrogen) atoms. The summed E-state index contributed by atoms with van der Waals surface area (Å²) < 4.78 is 1.99. The minimum Gasteiger partial charge on any atom is -0.385 e. The van der Waals surface area contributed by atoms with Crippen molar-refractivity contribution in [3.63, 3.8) is 0 Å². The number of aliphatic hydroxyl groups is 1. The van der Waals surface area contributed by atoms with E-state index in [1.807, 2.05) is 10.8 Å². The van der Waals surface area contributed by atoms with Crippen LogP contribution in [-0.2, 0) is 6.54 Å². The number of nitrogens with zero attached hydrogens (tertiary/aromatic N) is 2. The second kappa shape index (κ2) is 4.13. The molecule has 80 valence electrons. The van der Waals surface area contributed by atoms with Crippen LogP contribution in [0.2, 0.25) is 0 Å². The first-order chi connectivity index (χ1) is 6.53. The highest BCUT2D eigenvalue weighted by atomic mass is 16.3. The number of aryl methyl sites for hydroxylation is 1. The predicted octanol–water partition coefficient (Wildman–Crippen LogP) is 2.37. The van der Waals surface area contributed by atoms with Gasteiger partial charge in [0.05, 0.1) is 0 Å². The maximum Gasteiger partial charge on any atom is 0.138 e. The molecule has 0 aliphatic heterocycles. The molecule has 0 amide bonds. The van der Waals surface area contributed by atoms with Gasteiger partial charge in [-0.1, -0.05) is 20.8 Å². The van der Waals surface area contributed by atoms with Gasteiger partial charge in [-0.3, -0.25) is 0 Å². The molecule has 1 unspecified atom stereocenters. The van der Waals surface area contributed by atoms with E-state index in [0.29, 0.717) is 0 Å². The van der Waals surface area contributed by atoms with Gasteiger partial charge in [-0.25, -0.2) is 4.98 Å². The zero-order chi connectivity index (χ0) is 10.8. The number of aromatic nitrogens is 2. The van der Waals surface area contributed by atoms with E-state index in [0.717, 1.165) is 18.8 Å². The molecule has 0 aromatic carbocycles. The molecule has 1 atom stereocenters. The summed E-state index contributed by atoms with van der Waals surface area (Å²) in [4.78, 5) is 4.21. The molecule has 0 aliphatic rings. The Kier molecular flexibility index (Phi) is 3.32. The highest BCUT2D eigenvalue weighted by Gasteiger charge is 2.30. The van der Waals surface area contributed by atoms with Crippen LogP contribution >= 0.6 is 0 Å². The van der Waals surface area contributed by atoms with Gasteiger partial charge < -0.3 is 9.67 Å². The molecule has 1 rings (SSSR count). The van der Waals surface area contributed by atoms with Gasteiger partial charge in [-0.15, -0.1) is 0 Å². The zero-order valence-electron chi connectivity index (χ0n) is 9.49. The molecule has 0 spiro atoms. The Balaban J connectivity index is 2.94. The van der Waals surface area contributed by atoms with Crippen LogP contribution in [-0.4, -0.2) is 14.7 Å². The molecule has 0 saturated carbocycles. The van der Waals surface area contributed by atoms with Crippen LogP contribution in [0.4, 0.5) is 0 Å². The summed E-state index contributed by atoms with van der Waals surface area (Å²) in [5.74, 6) is 0.777. The Morgan fingerprint density at radius 1 is 1.50 bits per heavy atom. The molecule has 0 fully saturated rings. The first-order valence-corrected chi connectivity index (χ1v) is 5.22. The van der Waals surface area contributed by atoms with Crippen LogP contribution < -0.4 is 0 Å². The molecule has 3 nitrogen and oxygen atoms in total. The predicted molar refractivity (Wildman–Crippen MR) is 56.9 cm³/mol. The Morgan fingerprint density at radius 3 is 2.64 bits per heavy atom. The van der Waals surface area contributed by atoms with Gasteiger partial charge >= 0.3 is 0 Å². The van der Waals surface area contributed by atoms with Crippen molar-refractivity contribution in [2.45, 2.75) is 46.8 Å². The van der Waals surface area contributed by atoms with Crippen LogP contribution in [0.3, 0.4) is 0 Å². The SMILES string of the molecule is CCn1ccnc1C(O)C(C)(C)CC. The van der Waals surface area contributed by atoms with Crippen LogP contribution in [0.15, 0.2) is 12.4 Å². The van der Waals surface area contributed by atoms with Gasteiger partial charge in [0.2, 0.25) is 0 Å². The van der Waals surface area contributed by atoms with Crippen molar-refractivity contribution < 1.29 is 5.11 Å². The fourth-order valence-corrected chi connectivity index (χ4v) is 1.38. The molecule has 0 radical (unpaired) electrons. The van der Waals surface area contributed by atoms with Crippen LogP contribution in [0, 0.1) is 5.41 Å². The summed E-state index contributed by atoms with van der Waals surface area (Å²) in [5, 5.41) is 10.2. The normalized spacial score (nSPS) is 14.4. The van der Waals surface area contributed by atoms with E-state index in [1.165, 1.54) is 0 Å². The monoisotopic (exact) mass is 196 g/mol. The van der Waals surface area contributed by atoms with Gasteiger partial charge in [-0.05, 0) is 18.8 Å². The lowest BCUT2D eigenvalue weighted by Crippen LogP contribution is -2.24. The Morgan fingerprint density at radius 2 is 2.14 bits per heavy atom. The Hall–Kier alpha value is -0.830. The van der Waals surface area contributed by atoms with Crippen molar-refractivity contribution in [2.24, 2.45) is 5.41 Å². The van der Waals surface area contributed by atoms with Crippen molar-refractivity contribution in [3.8, 4) is 0 Å². The first kappa shape index (κ1) is 11.2. The van der Waals surface area contributed by atoms with E-state index >= 15 is 0 Å². The fourth-order valence-electron chi connectivity index (χ4n) is 1.38. The topological polar surface area (TPSA) is 38.0 Å². The smallest absolute Gasteiger partial charge is 0.138 e. The summed E-state index contributed by atoms with van der Waals surface area (Å²) in [6.07, 6.45) is 4.10. The molecule has 0 aliphatic carbocycles. The molecule has 1 aromatic rings. The summed E-state index contributed by atoms with van der Waals surface area (Å²) in [5.41, 5.74) is -0.113. The van der Waals surface area contributed by atoms with Crippen LogP contribution in [0.1, 0.15) is 46.0 Å². The molecular formula is C11H20N2O. The van der Waals surface area contributed by atoms with Crippen molar-refractivity contribution >= 4 is 0 Å². The van der Waals surface area contributed by atoms with E-state index in [1.54, 1.807) is 6.20 Å². The minimum absolute atomic E-state index is 0.113. The number of rotatable bonds is 4. The average Bonchev–Trinajstić information content (AvgIpc) is 2.64. The Bertz CT molecular complexity index is 291. The van der Waals surface area contributed by atoms with Crippen molar-refractivity contribution in [2.75, 3.05) is 0 Å². The minimum atomic E-state index is -0.484. The molecular weight excluding hydrogens is 176 g/mol. The van der Waals surface area contributed by atoms with Gasteiger partial charge in [0.1, 0.15) is 11.9 Å². The molecule has 3 heteroatoms. The van der Waals surface area contributed by atoms with Crippen molar-refractivity contribution in [3.05, 3.63) is 18.2 Å². The quantitative estimate of drug-likeness (QED) is 0.802. The molecule has 1 aromatic heterocycles. The van der Waals surface area contributed by atoms with E-state index in [-0.39, 0.29) is 5.41 Å². The van der Waals surface area contributed by atoms with Crippen molar-refractivity contribution in [1.29, 1.82) is 0 Å². The lowest BCUT2D eigenvalue weighted by molar-refractivity contribution is 0.0364. The molecule has 1 heterocycles. The fraction of sp³-hybridized carbons (Fsp3) is 0.727. The second-order valence-corrected chi connectivity index (χ2v) is 4.32. The number of hydrogen-bond acceptors (Lipinski definition) is 2. The standard InChI is InChI=1S/C11H20N2O/c1-5-11(3,4)9(14)10-12-7-8-13(10)6-2/h7-9,14H,5-6H2,1-4H3. The van der Waals surface area contributed by atoms with Crippen LogP contribution in [0.5, 0.6) is 0 Å². The van der Waals surface area contributed by atoms with Gasteiger partial charge in [0, 0.05) is 18.9 Å². The third kappa shape index (κ3) is 1.98. The summed E-state index contributed by atoms with van der Waals surface area (Å²) >= 11 is 0. The summed E-state index contributed by atoms with van der Waals surface area (Å²) in [6.45, 7) is 9.12. The highest BCUT2D eigenvalue weighted by Crippen LogP contribution is 2.35. The van der Waals surface area contributed by atoms with Gasteiger partial charge in [-0.2, -0.15) is 0 Å². The first-order valence-electron chi connectivity index (χ1n) is 5.22. The van der Waals surface area contributed by atoms with E-state index < -0.39 is 6.10 Å². The van der Waals surface area contributed by atoms with Gasteiger partial charge in [0.15, 0.2) is 0 Å². The maximum absolute atomic E-state index is 10.2. The summed E-state index contributed by atoms with van der Waals surface area (Å²) in [7, 11) is 0. The molecule has 1 N–H and O–H groups in total. The highest BCUT2D eigenvalue weighted by molar-refractivity contribution is 5.00. The van der Waals surface area contributed by atoms with Gasteiger partial charge in [0.25, 0.3) is 0 Å². The van der Waals surface area contributed by atoms with E-state index in [9.17, 15) is 5.11 Å². The van der Waals surface area contributed by atoms with Crippen molar-refractivity contribution in [1.82, 2.24) is 9.55 Å². The maximum atomic E-state index is 10.2. The van der Waals surface area contributed by atoms with Crippen LogP contribution in [0.25, 0.3) is 0 Å². The van der Waals surface area contributed by atoms with E-state index in [4.69, 9.17) is 0 Å². The lowest BCUT2D eigenvalue weighted by atomic mass is 9.83. The molecule has 0 saturated heterocycles. The largest absolute Gasteiger partial charge is 0.385 e. The second-order valence-electron chi connectivity index (χ2n) is 4.32. The third-order valence-corrected chi connectivity index (χ3v) is 2.98. The number of aliphatic hydroxyl groups excluding tert-OH is 1. The third-order valence-electron chi connectivity index (χ3n) is 2.98.